The van der Waals surface area contributed by atoms with Gasteiger partial charge in [0.2, 0.25) is 11.8 Å². The van der Waals surface area contributed by atoms with Crippen LogP contribution in [0, 0.1) is 11.3 Å². The molecule has 2 aliphatic heterocycles. The van der Waals surface area contributed by atoms with Crippen LogP contribution in [0.1, 0.15) is 26.7 Å². The maximum Gasteiger partial charge on any atom is 0.236 e. The molecule has 21 heavy (non-hydrogen) atoms. The van der Waals surface area contributed by atoms with Crippen molar-refractivity contribution in [1.29, 1.82) is 0 Å². The molecule has 0 unspecified atom stereocenters. The van der Waals surface area contributed by atoms with E-state index in [9.17, 15) is 9.59 Å². The van der Waals surface area contributed by atoms with E-state index in [4.69, 9.17) is 4.74 Å². The molecule has 2 saturated heterocycles. The molecule has 1 saturated carbocycles. The van der Waals surface area contributed by atoms with Crippen LogP contribution in [0.25, 0.3) is 0 Å². The molecule has 2 amide bonds. The van der Waals surface area contributed by atoms with Gasteiger partial charge in [-0.1, -0.05) is 45.2 Å². The summed E-state index contributed by atoms with van der Waals surface area (Å²) in [5, 5.41) is 2.38. The number of rotatable bonds is 6. The molecular weight excluding hydrogens is 266 g/mol. The van der Waals surface area contributed by atoms with Crippen LogP contribution in [0.3, 0.4) is 0 Å². The molecule has 4 heteroatoms. The Kier molecular flexibility index (Phi) is 6.15. The van der Waals surface area contributed by atoms with Crippen molar-refractivity contribution in [2.24, 2.45) is 11.3 Å². The summed E-state index contributed by atoms with van der Waals surface area (Å²) >= 11 is 0. The van der Waals surface area contributed by atoms with Crippen molar-refractivity contribution in [3.05, 3.63) is 49.3 Å². The Bertz CT molecular complexity index is 482. The number of piperidine rings is 2. The minimum atomic E-state index is -0.539. The SMILES string of the molecule is C=C/C=C\C=C(/C=C)OCC12CC(C1)C(=O)NC2=O.CC. The summed E-state index contributed by atoms with van der Waals surface area (Å²) < 4.78 is 5.61. The van der Waals surface area contributed by atoms with Crippen molar-refractivity contribution >= 4 is 11.8 Å². The predicted octanol–water partition coefficient (Wildman–Crippen LogP) is 2.89. The molecule has 0 spiro atoms. The smallest absolute Gasteiger partial charge is 0.236 e. The van der Waals surface area contributed by atoms with E-state index >= 15 is 0 Å². The minimum Gasteiger partial charge on any atom is -0.492 e. The van der Waals surface area contributed by atoms with Gasteiger partial charge in [-0.3, -0.25) is 14.9 Å². The number of fused-ring (bicyclic) bond motifs is 2. The van der Waals surface area contributed by atoms with E-state index < -0.39 is 5.41 Å². The molecular formula is C17H23NO3. The molecule has 1 N–H and O–H groups in total. The van der Waals surface area contributed by atoms with Gasteiger partial charge in [-0.15, -0.1) is 0 Å². The van der Waals surface area contributed by atoms with Crippen molar-refractivity contribution in [2.75, 3.05) is 6.61 Å². The molecule has 0 aromatic heterocycles. The van der Waals surface area contributed by atoms with E-state index in [0.29, 0.717) is 18.6 Å². The first-order chi connectivity index (χ1) is 10.1. The molecule has 0 aromatic carbocycles. The van der Waals surface area contributed by atoms with Crippen molar-refractivity contribution < 1.29 is 14.3 Å². The van der Waals surface area contributed by atoms with Gasteiger partial charge in [-0.2, -0.15) is 0 Å². The van der Waals surface area contributed by atoms with Crippen molar-refractivity contribution in [3.8, 4) is 0 Å². The summed E-state index contributed by atoms with van der Waals surface area (Å²) in [7, 11) is 0. The summed E-state index contributed by atoms with van der Waals surface area (Å²) in [4.78, 5) is 23.2. The Morgan fingerprint density at radius 3 is 2.52 bits per heavy atom. The first kappa shape index (κ1) is 17.0. The van der Waals surface area contributed by atoms with Gasteiger partial charge >= 0.3 is 0 Å². The van der Waals surface area contributed by atoms with Crippen molar-refractivity contribution in [1.82, 2.24) is 5.32 Å². The number of hydrogen-bond donors (Lipinski definition) is 1. The molecule has 3 fully saturated rings. The highest BCUT2D eigenvalue weighted by Gasteiger charge is 2.58. The molecule has 0 atom stereocenters. The van der Waals surface area contributed by atoms with Crippen LogP contribution < -0.4 is 5.32 Å². The number of hydrogen-bond acceptors (Lipinski definition) is 3. The monoisotopic (exact) mass is 289 g/mol. The molecule has 2 heterocycles. The first-order valence-corrected chi connectivity index (χ1v) is 7.21. The second-order valence-corrected chi connectivity index (χ2v) is 4.89. The molecule has 1 aliphatic carbocycles. The second kappa shape index (κ2) is 7.62. The van der Waals surface area contributed by atoms with Crippen LogP contribution in [0.15, 0.2) is 49.3 Å². The second-order valence-electron chi connectivity index (χ2n) is 4.89. The van der Waals surface area contributed by atoms with E-state index in [1.54, 1.807) is 30.4 Å². The van der Waals surface area contributed by atoms with Crippen molar-refractivity contribution in [3.63, 3.8) is 0 Å². The van der Waals surface area contributed by atoms with Crippen LogP contribution in [0.4, 0.5) is 0 Å². The lowest BCUT2D eigenvalue weighted by atomic mass is 9.59. The quantitative estimate of drug-likeness (QED) is 0.465. The third-order valence-electron chi connectivity index (χ3n) is 3.59. The summed E-state index contributed by atoms with van der Waals surface area (Å²) in [6.07, 6.45) is 9.74. The van der Waals surface area contributed by atoms with E-state index in [0.717, 1.165) is 0 Å². The zero-order chi connectivity index (χ0) is 15.9. The number of amides is 2. The van der Waals surface area contributed by atoms with Gasteiger partial charge in [0.05, 0.1) is 5.41 Å². The average molecular weight is 289 g/mol. The lowest BCUT2D eigenvalue weighted by Crippen LogP contribution is -2.63. The molecule has 4 nitrogen and oxygen atoms in total. The van der Waals surface area contributed by atoms with Gasteiger partial charge in [-0.25, -0.2) is 0 Å². The maximum atomic E-state index is 11.8. The largest absolute Gasteiger partial charge is 0.492 e. The number of carbonyl (C=O) groups excluding carboxylic acids is 2. The van der Waals surface area contributed by atoms with Gasteiger partial charge in [0, 0.05) is 5.92 Å². The Labute approximate surface area is 126 Å². The Morgan fingerprint density at radius 1 is 1.33 bits per heavy atom. The summed E-state index contributed by atoms with van der Waals surface area (Å²) in [6.45, 7) is 11.5. The number of carbonyl (C=O) groups is 2. The average Bonchev–Trinajstić information content (AvgIpc) is 2.45. The Morgan fingerprint density at radius 2 is 2.00 bits per heavy atom. The fraction of sp³-hybridized carbons (Fsp3) is 0.412. The van der Waals surface area contributed by atoms with E-state index in [1.807, 2.05) is 13.8 Å². The van der Waals surface area contributed by atoms with Crippen LogP contribution in [0.2, 0.25) is 0 Å². The van der Waals surface area contributed by atoms with Gasteiger partial charge < -0.3 is 4.74 Å². The topological polar surface area (TPSA) is 55.4 Å². The molecule has 0 radical (unpaired) electrons. The number of ether oxygens (including phenoxy) is 1. The third-order valence-corrected chi connectivity index (χ3v) is 3.59. The van der Waals surface area contributed by atoms with E-state index in [2.05, 4.69) is 18.5 Å². The van der Waals surface area contributed by atoms with Crippen molar-refractivity contribution in [2.45, 2.75) is 26.7 Å². The zero-order valence-corrected chi connectivity index (χ0v) is 12.7. The van der Waals surface area contributed by atoms with Gasteiger partial charge in [0.15, 0.2) is 0 Å². The maximum absolute atomic E-state index is 11.8. The Balaban J connectivity index is 0.00000106. The van der Waals surface area contributed by atoms with Crippen LogP contribution in [0.5, 0.6) is 0 Å². The normalized spacial score (nSPS) is 27.1. The van der Waals surface area contributed by atoms with Crippen LogP contribution in [-0.2, 0) is 14.3 Å². The summed E-state index contributed by atoms with van der Waals surface area (Å²) in [5.74, 6) is 0.198. The molecule has 3 rings (SSSR count). The summed E-state index contributed by atoms with van der Waals surface area (Å²) in [6, 6.07) is 0. The fourth-order valence-electron chi connectivity index (χ4n) is 2.41. The highest BCUT2D eigenvalue weighted by atomic mass is 16.5. The van der Waals surface area contributed by atoms with E-state index in [1.165, 1.54) is 0 Å². The highest BCUT2D eigenvalue weighted by Crippen LogP contribution is 2.49. The van der Waals surface area contributed by atoms with Gasteiger partial charge in [-0.05, 0) is 25.0 Å². The lowest BCUT2D eigenvalue weighted by Gasteiger charge is -2.48. The number of allylic oxidation sites excluding steroid dienone is 5. The highest BCUT2D eigenvalue weighted by molar-refractivity contribution is 6.04. The molecule has 2 bridgehead atoms. The van der Waals surface area contributed by atoms with Crippen LogP contribution in [-0.4, -0.2) is 18.4 Å². The standard InChI is InChI=1S/C15H17NO3.C2H6/c1-3-5-6-7-12(4-2)19-10-15-8-11(9-15)13(17)16-14(15)18;1-2/h3-7,11H,1-2,8-10H2,(H,16,17,18);1-2H3/b6-5-,12-7+;. The molecule has 0 aromatic rings. The fourth-order valence-corrected chi connectivity index (χ4v) is 2.41. The number of imide groups is 1. The van der Waals surface area contributed by atoms with Gasteiger partial charge in [0.25, 0.3) is 0 Å². The molecule has 3 aliphatic rings. The predicted molar refractivity (Wildman–Crippen MR) is 83.2 cm³/mol. The lowest BCUT2D eigenvalue weighted by molar-refractivity contribution is -0.163. The van der Waals surface area contributed by atoms with E-state index in [-0.39, 0.29) is 24.3 Å². The first-order valence-electron chi connectivity index (χ1n) is 7.21. The van der Waals surface area contributed by atoms with Crippen LogP contribution >= 0.6 is 0 Å². The zero-order valence-electron chi connectivity index (χ0n) is 12.7. The van der Waals surface area contributed by atoms with Gasteiger partial charge in [0.1, 0.15) is 12.4 Å². The Hall–Kier alpha value is -2.10. The third kappa shape index (κ3) is 3.72. The minimum absolute atomic E-state index is 0.0295. The summed E-state index contributed by atoms with van der Waals surface area (Å²) in [5.41, 5.74) is -0.539. The molecule has 114 valence electrons. The number of nitrogens with one attached hydrogen (secondary N) is 1.